The predicted molar refractivity (Wildman–Crippen MR) is 192 cm³/mol. The summed E-state index contributed by atoms with van der Waals surface area (Å²) in [6.07, 6.45) is -8.73. The van der Waals surface area contributed by atoms with E-state index in [2.05, 4.69) is 28.6 Å². The maximum Gasteiger partial charge on any atom is 0.407 e. The first-order valence-corrected chi connectivity index (χ1v) is 17.2. The normalized spacial score (nSPS) is 13.3. The molecule has 0 bridgehead atoms. The van der Waals surface area contributed by atoms with Crippen LogP contribution in [0.15, 0.2) is 30.2 Å². The van der Waals surface area contributed by atoms with Gasteiger partial charge in [0.05, 0.1) is 18.0 Å². The van der Waals surface area contributed by atoms with E-state index in [4.69, 9.17) is 37.9 Å². The first-order valence-electron chi connectivity index (χ1n) is 16.5. The molecule has 3 amide bonds. The molecule has 0 saturated heterocycles. The zero-order valence-electron chi connectivity index (χ0n) is 31.6. The number of nitro benzene ring substituents is 1. The number of amides is 3. The number of nitrogens with one attached hydrogen (secondary N) is 3. The monoisotopic (exact) mass is 818 g/mol. The molecule has 0 aliphatic heterocycles. The summed E-state index contributed by atoms with van der Waals surface area (Å²) in [5.41, 5.74) is -1.40. The van der Waals surface area contributed by atoms with E-state index in [1.807, 2.05) is 0 Å². The number of esters is 4. The predicted octanol–water partition coefficient (Wildman–Crippen LogP) is 1.94. The molecular weight excluding hydrogens is 772 g/mol. The van der Waals surface area contributed by atoms with Gasteiger partial charge in [-0.1, -0.05) is 6.07 Å². The molecule has 1 aromatic carbocycles. The van der Waals surface area contributed by atoms with E-state index in [-0.39, 0.29) is 25.2 Å². The SMILES string of the molecule is CC(=O)OCC(O)[C@H](OC(C)=O)C(OC(C)=O)/C(=C/Oc1ccc(COC(=O)NCC(CNC(=O)OC(C)(C)C)OC(=O)NCCS)cc1[N+](=O)[O-])OC(C)=O. The highest BCUT2D eigenvalue weighted by atomic mass is 32.1. The van der Waals surface area contributed by atoms with Gasteiger partial charge in [-0.25, -0.2) is 14.4 Å². The lowest BCUT2D eigenvalue weighted by atomic mass is 10.1. The van der Waals surface area contributed by atoms with Crippen molar-refractivity contribution >= 4 is 60.5 Å². The van der Waals surface area contributed by atoms with E-state index in [1.54, 1.807) is 20.8 Å². The van der Waals surface area contributed by atoms with E-state index >= 15 is 0 Å². The van der Waals surface area contributed by atoms with Gasteiger partial charge in [0.2, 0.25) is 11.9 Å². The van der Waals surface area contributed by atoms with Gasteiger partial charge in [0.1, 0.15) is 37.3 Å². The van der Waals surface area contributed by atoms with E-state index in [0.717, 1.165) is 39.8 Å². The van der Waals surface area contributed by atoms with Crippen molar-refractivity contribution in [1.29, 1.82) is 0 Å². The molecule has 1 rings (SSSR count). The molecule has 0 radical (unpaired) electrons. The fourth-order valence-electron chi connectivity index (χ4n) is 4.04. The maximum absolute atomic E-state index is 12.5. The van der Waals surface area contributed by atoms with E-state index in [9.17, 15) is 48.8 Å². The van der Waals surface area contributed by atoms with Gasteiger partial charge in [-0.2, -0.15) is 12.6 Å². The summed E-state index contributed by atoms with van der Waals surface area (Å²) in [7, 11) is 0. The molecule has 0 aromatic heterocycles. The van der Waals surface area contributed by atoms with Crippen LogP contribution in [0.1, 0.15) is 54.0 Å². The molecule has 0 fully saturated rings. The number of rotatable bonds is 20. The Hall–Kier alpha value is -5.84. The third-order valence-corrected chi connectivity index (χ3v) is 6.39. The standard InChI is InChI=1S/C33H46N4O18S/c1-18(38)48-16-25(42)28(52-20(3)40)29(53-21(4)41)27(51-19(2)39)17-49-26-9-8-22(12-24(26)37(46)47)15-50-30(43)35-13-23(54-31(44)34-10-11-56)14-36-32(45)55-33(5,6)7/h8-9,12,17,23,25,28-29,42,56H,10-11,13-16H2,1-7H3,(H,34,44)(H,35,43)(H,36,45)/b27-17-/t23?,25?,28-,29?/m0/s1. The number of aliphatic hydroxyl groups excluding tert-OH is 1. The molecule has 0 spiro atoms. The number of thiol groups is 1. The summed E-state index contributed by atoms with van der Waals surface area (Å²) in [6, 6.07) is 3.34. The van der Waals surface area contributed by atoms with Crippen LogP contribution in [-0.4, -0.2) is 114 Å². The van der Waals surface area contributed by atoms with Crippen molar-refractivity contribution in [1.82, 2.24) is 16.0 Å². The fourth-order valence-corrected chi connectivity index (χ4v) is 4.16. The number of nitro groups is 1. The highest BCUT2D eigenvalue weighted by molar-refractivity contribution is 7.80. The van der Waals surface area contributed by atoms with Crippen molar-refractivity contribution in [2.45, 2.75) is 85.1 Å². The quantitative estimate of drug-likeness (QED) is 0.0314. The van der Waals surface area contributed by atoms with Gasteiger partial charge in [0, 0.05) is 46.1 Å². The Morgan fingerprint density at radius 3 is 2.02 bits per heavy atom. The fraction of sp³-hybridized carbons (Fsp3) is 0.545. The first-order chi connectivity index (χ1) is 26.1. The Balaban J connectivity index is 3.23. The molecule has 3 unspecified atom stereocenters. The number of alkyl carbamates (subject to hydrolysis) is 3. The third-order valence-electron chi connectivity index (χ3n) is 6.17. The number of hydrogen-bond donors (Lipinski definition) is 5. The summed E-state index contributed by atoms with van der Waals surface area (Å²) >= 11 is 3.99. The Labute approximate surface area is 326 Å². The second-order valence-corrected chi connectivity index (χ2v) is 12.7. The van der Waals surface area contributed by atoms with Crippen LogP contribution in [0.5, 0.6) is 5.75 Å². The van der Waals surface area contributed by atoms with Crippen molar-refractivity contribution in [3.8, 4) is 5.75 Å². The largest absolute Gasteiger partial charge is 0.463 e. The second-order valence-electron chi connectivity index (χ2n) is 12.3. The highest BCUT2D eigenvalue weighted by Crippen LogP contribution is 2.30. The summed E-state index contributed by atoms with van der Waals surface area (Å²) in [6.45, 7) is 7.14. The Morgan fingerprint density at radius 2 is 1.48 bits per heavy atom. The van der Waals surface area contributed by atoms with Crippen molar-refractivity contribution in [3.05, 3.63) is 45.9 Å². The number of nitrogens with zero attached hydrogens (tertiary/aromatic N) is 1. The minimum Gasteiger partial charge on any atom is -0.463 e. The smallest absolute Gasteiger partial charge is 0.407 e. The summed E-state index contributed by atoms with van der Waals surface area (Å²) < 4.78 is 41.1. The lowest BCUT2D eigenvalue weighted by Crippen LogP contribution is -2.47. The molecule has 0 aliphatic rings. The zero-order chi connectivity index (χ0) is 42.6. The summed E-state index contributed by atoms with van der Waals surface area (Å²) in [4.78, 5) is 95.0. The Bertz CT molecular complexity index is 1600. The number of ether oxygens (including phenoxy) is 8. The molecule has 0 saturated carbocycles. The van der Waals surface area contributed by atoms with Crippen LogP contribution in [0, 0.1) is 10.1 Å². The molecule has 0 aliphatic carbocycles. The average Bonchev–Trinajstić information content (AvgIpc) is 3.08. The van der Waals surface area contributed by atoms with Crippen LogP contribution in [0.25, 0.3) is 0 Å². The number of benzene rings is 1. The number of aliphatic hydroxyl groups is 1. The first kappa shape index (κ1) is 48.2. The van der Waals surface area contributed by atoms with E-state index < -0.39 is 108 Å². The molecule has 1 aromatic rings. The topological polar surface area (TPSA) is 293 Å². The number of hydrogen-bond acceptors (Lipinski definition) is 19. The molecule has 22 nitrogen and oxygen atoms in total. The van der Waals surface area contributed by atoms with Crippen LogP contribution in [-0.2, 0) is 58.9 Å². The summed E-state index contributed by atoms with van der Waals surface area (Å²) in [5, 5.41) is 29.9. The molecule has 312 valence electrons. The van der Waals surface area contributed by atoms with Gasteiger partial charge < -0.3 is 59.0 Å². The van der Waals surface area contributed by atoms with Gasteiger partial charge >= 0.3 is 47.8 Å². The van der Waals surface area contributed by atoms with Crippen LogP contribution in [0.3, 0.4) is 0 Å². The molecular formula is C33H46N4O18S. The van der Waals surface area contributed by atoms with Gasteiger partial charge in [-0.15, -0.1) is 0 Å². The van der Waals surface area contributed by atoms with Gasteiger partial charge in [0.25, 0.3) is 0 Å². The minimum atomic E-state index is -1.91. The van der Waals surface area contributed by atoms with Gasteiger partial charge in [-0.05, 0) is 32.4 Å². The van der Waals surface area contributed by atoms with Gasteiger partial charge in [-0.3, -0.25) is 29.3 Å². The van der Waals surface area contributed by atoms with E-state index in [1.165, 1.54) is 6.07 Å². The van der Waals surface area contributed by atoms with Crippen LogP contribution >= 0.6 is 12.6 Å². The average molecular weight is 819 g/mol. The highest BCUT2D eigenvalue weighted by Gasteiger charge is 2.39. The van der Waals surface area contributed by atoms with Crippen molar-refractivity contribution in [2.75, 3.05) is 32.0 Å². The second kappa shape index (κ2) is 23.8. The Kier molecular flexibility index (Phi) is 20.5. The van der Waals surface area contributed by atoms with E-state index in [0.29, 0.717) is 12.0 Å². The Morgan fingerprint density at radius 1 is 0.857 bits per heavy atom. The molecule has 0 heterocycles. The lowest BCUT2D eigenvalue weighted by molar-refractivity contribution is -0.385. The molecule has 56 heavy (non-hydrogen) atoms. The zero-order valence-corrected chi connectivity index (χ0v) is 32.5. The van der Waals surface area contributed by atoms with Crippen LogP contribution < -0.4 is 20.7 Å². The molecule has 23 heteroatoms. The lowest BCUT2D eigenvalue weighted by Gasteiger charge is -2.30. The molecule has 4 N–H and O–H groups in total. The summed E-state index contributed by atoms with van der Waals surface area (Å²) in [5.74, 6) is -4.67. The van der Waals surface area contributed by atoms with Crippen LogP contribution in [0.2, 0.25) is 0 Å². The van der Waals surface area contributed by atoms with Crippen molar-refractivity contribution in [2.24, 2.45) is 0 Å². The third kappa shape index (κ3) is 20.0. The molecule has 4 atom stereocenters. The van der Waals surface area contributed by atoms with Crippen molar-refractivity contribution in [3.63, 3.8) is 0 Å². The van der Waals surface area contributed by atoms with Gasteiger partial charge in [0.15, 0.2) is 11.9 Å². The minimum absolute atomic E-state index is 0.0928. The van der Waals surface area contributed by atoms with Crippen molar-refractivity contribution < 1.29 is 81.5 Å². The number of carbonyl (C=O) groups is 7. The number of carbonyl (C=O) groups excluding carboxylic acids is 7. The van der Waals surface area contributed by atoms with Crippen LogP contribution in [0.4, 0.5) is 20.1 Å². The maximum atomic E-state index is 12.5.